The Kier molecular flexibility index (Phi) is 6.42. The van der Waals surface area contributed by atoms with Crippen LogP contribution < -0.4 is 15.4 Å². The van der Waals surface area contributed by atoms with Gasteiger partial charge in [-0.05, 0) is 42.7 Å². The summed E-state index contributed by atoms with van der Waals surface area (Å²) in [6.45, 7) is 3.94. The lowest BCUT2D eigenvalue weighted by Gasteiger charge is -2.13. The molecule has 0 aliphatic heterocycles. The first-order chi connectivity index (χ1) is 11.9. The highest BCUT2D eigenvalue weighted by molar-refractivity contribution is 6.32. The molecular formula is C19H21ClN2O3. The predicted octanol–water partition coefficient (Wildman–Crippen LogP) is 4.19. The van der Waals surface area contributed by atoms with Crippen LogP contribution in [0.1, 0.15) is 24.5 Å². The van der Waals surface area contributed by atoms with Crippen LogP contribution in [0.5, 0.6) is 5.75 Å². The molecule has 0 heterocycles. The molecule has 6 heteroatoms. The van der Waals surface area contributed by atoms with Crippen LogP contribution in [0.4, 0.5) is 11.4 Å². The van der Waals surface area contributed by atoms with E-state index in [2.05, 4.69) is 10.6 Å². The second-order valence-electron chi connectivity index (χ2n) is 5.59. The third-order valence-corrected chi connectivity index (χ3v) is 4.06. The highest BCUT2D eigenvalue weighted by Crippen LogP contribution is 2.27. The van der Waals surface area contributed by atoms with Crippen molar-refractivity contribution in [2.75, 3.05) is 17.7 Å². The zero-order valence-corrected chi connectivity index (χ0v) is 15.2. The predicted molar refractivity (Wildman–Crippen MR) is 100 cm³/mol. The van der Waals surface area contributed by atoms with Gasteiger partial charge in [-0.3, -0.25) is 9.59 Å². The van der Waals surface area contributed by atoms with E-state index in [0.717, 1.165) is 23.2 Å². The second-order valence-corrected chi connectivity index (χ2v) is 5.99. The third-order valence-electron chi connectivity index (χ3n) is 3.76. The summed E-state index contributed by atoms with van der Waals surface area (Å²) in [4.78, 5) is 24.3. The molecule has 0 fully saturated rings. The van der Waals surface area contributed by atoms with Gasteiger partial charge in [0.05, 0.1) is 12.1 Å². The molecule has 0 saturated carbocycles. The molecular weight excluding hydrogens is 340 g/mol. The van der Waals surface area contributed by atoms with Crippen molar-refractivity contribution in [2.45, 2.75) is 26.7 Å². The Morgan fingerprint density at radius 2 is 1.84 bits per heavy atom. The maximum absolute atomic E-state index is 12.2. The lowest BCUT2D eigenvalue weighted by Crippen LogP contribution is -2.22. The highest BCUT2D eigenvalue weighted by Gasteiger charge is 2.13. The number of hydrogen-bond acceptors (Lipinski definition) is 3. The van der Waals surface area contributed by atoms with Crippen LogP contribution in [0.15, 0.2) is 36.4 Å². The molecule has 0 saturated heterocycles. The van der Waals surface area contributed by atoms with Crippen LogP contribution in [0.3, 0.4) is 0 Å². The molecule has 2 amide bonds. The molecule has 2 rings (SSSR count). The average Bonchev–Trinajstić information content (AvgIpc) is 2.56. The van der Waals surface area contributed by atoms with Crippen LogP contribution in [0.25, 0.3) is 0 Å². The van der Waals surface area contributed by atoms with E-state index >= 15 is 0 Å². The van der Waals surface area contributed by atoms with Crippen LogP contribution in [0.2, 0.25) is 5.02 Å². The standard InChI is InChI=1S/C19H21ClN2O3/c1-4-13-7-5-6-12(2)19(13)22-18(24)11-17(23)21-14-8-9-16(25-3)15(20)10-14/h5-10H,4,11H2,1-3H3,(H,21,23)(H,22,24). The fraction of sp³-hybridized carbons (Fsp3) is 0.263. The molecule has 0 bridgehead atoms. The van der Waals surface area contributed by atoms with E-state index in [1.54, 1.807) is 18.2 Å². The van der Waals surface area contributed by atoms with E-state index in [-0.39, 0.29) is 12.3 Å². The number of benzene rings is 2. The van der Waals surface area contributed by atoms with Crippen molar-refractivity contribution >= 4 is 34.8 Å². The number of carbonyl (C=O) groups excluding carboxylic acids is 2. The van der Waals surface area contributed by atoms with Crippen LogP contribution >= 0.6 is 11.6 Å². The normalized spacial score (nSPS) is 10.2. The minimum atomic E-state index is -0.412. The smallest absolute Gasteiger partial charge is 0.233 e. The summed E-state index contributed by atoms with van der Waals surface area (Å²) in [5.74, 6) is -0.254. The second kappa shape index (κ2) is 8.53. The van der Waals surface area contributed by atoms with Crippen molar-refractivity contribution in [2.24, 2.45) is 0 Å². The number of halogens is 1. The topological polar surface area (TPSA) is 67.4 Å². The van der Waals surface area contributed by atoms with Gasteiger partial charge < -0.3 is 15.4 Å². The van der Waals surface area contributed by atoms with E-state index < -0.39 is 5.91 Å². The van der Waals surface area contributed by atoms with E-state index in [4.69, 9.17) is 16.3 Å². The summed E-state index contributed by atoms with van der Waals surface area (Å²) in [5, 5.41) is 5.87. The van der Waals surface area contributed by atoms with Crippen molar-refractivity contribution in [3.05, 3.63) is 52.5 Å². The molecule has 0 atom stereocenters. The summed E-state index contributed by atoms with van der Waals surface area (Å²) >= 11 is 6.02. The van der Waals surface area contributed by atoms with Crippen LogP contribution in [-0.4, -0.2) is 18.9 Å². The van der Waals surface area contributed by atoms with E-state index in [1.165, 1.54) is 7.11 Å². The summed E-state index contributed by atoms with van der Waals surface area (Å²) in [7, 11) is 1.51. The lowest BCUT2D eigenvalue weighted by molar-refractivity contribution is -0.123. The summed E-state index contributed by atoms with van der Waals surface area (Å²) in [6, 6.07) is 10.7. The first kappa shape index (κ1) is 18.8. The number of anilines is 2. The van der Waals surface area contributed by atoms with Gasteiger partial charge in [0.15, 0.2) is 0 Å². The monoisotopic (exact) mass is 360 g/mol. The Labute approximate surface area is 152 Å². The van der Waals surface area contributed by atoms with Crippen molar-refractivity contribution in [3.8, 4) is 5.75 Å². The number of hydrogen-bond donors (Lipinski definition) is 2. The fourth-order valence-corrected chi connectivity index (χ4v) is 2.74. The Balaban J connectivity index is 1.99. The molecule has 0 aliphatic carbocycles. The molecule has 0 spiro atoms. The van der Waals surface area contributed by atoms with Gasteiger partial charge in [0.1, 0.15) is 12.2 Å². The number of nitrogens with one attached hydrogen (secondary N) is 2. The number of para-hydroxylation sites is 1. The summed E-state index contributed by atoms with van der Waals surface area (Å²) in [6.07, 6.45) is 0.523. The van der Waals surface area contributed by atoms with Gasteiger partial charge in [-0.1, -0.05) is 36.7 Å². The fourth-order valence-electron chi connectivity index (χ4n) is 2.48. The Morgan fingerprint density at radius 1 is 1.12 bits per heavy atom. The van der Waals surface area contributed by atoms with Gasteiger partial charge in [-0.15, -0.1) is 0 Å². The maximum Gasteiger partial charge on any atom is 0.233 e. The summed E-state index contributed by atoms with van der Waals surface area (Å²) < 4.78 is 5.06. The number of ether oxygens (including phenoxy) is 1. The molecule has 0 aliphatic rings. The zero-order valence-electron chi connectivity index (χ0n) is 14.5. The maximum atomic E-state index is 12.2. The largest absolute Gasteiger partial charge is 0.495 e. The van der Waals surface area contributed by atoms with Crippen molar-refractivity contribution in [3.63, 3.8) is 0 Å². The molecule has 2 N–H and O–H groups in total. The summed E-state index contributed by atoms with van der Waals surface area (Å²) in [5.41, 5.74) is 3.29. The number of rotatable bonds is 6. The van der Waals surface area contributed by atoms with Gasteiger partial charge in [0.2, 0.25) is 11.8 Å². The van der Waals surface area contributed by atoms with Crippen molar-refractivity contribution < 1.29 is 14.3 Å². The van der Waals surface area contributed by atoms with Gasteiger partial charge in [0, 0.05) is 11.4 Å². The van der Waals surface area contributed by atoms with Crippen molar-refractivity contribution in [1.29, 1.82) is 0 Å². The van der Waals surface area contributed by atoms with Gasteiger partial charge in [-0.25, -0.2) is 0 Å². The molecule has 0 unspecified atom stereocenters. The molecule has 0 radical (unpaired) electrons. The van der Waals surface area contributed by atoms with Crippen LogP contribution in [-0.2, 0) is 16.0 Å². The molecule has 132 valence electrons. The number of carbonyl (C=O) groups is 2. The molecule has 2 aromatic rings. The van der Waals surface area contributed by atoms with Crippen LogP contribution in [0, 0.1) is 6.92 Å². The molecule has 2 aromatic carbocycles. The Hall–Kier alpha value is -2.53. The van der Waals surface area contributed by atoms with E-state index in [0.29, 0.717) is 16.5 Å². The molecule has 25 heavy (non-hydrogen) atoms. The van der Waals surface area contributed by atoms with E-state index in [1.807, 2.05) is 32.0 Å². The Morgan fingerprint density at radius 3 is 2.48 bits per heavy atom. The zero-order chi connectivity index (χ0) is 18.4. The highest BCUT2D eigenvalue weighted by atomic mass is 35.5. The first-order valence-electron chi connectivity index (χ1n) is 7.96. The average molecular weight is 361 g/mol. The number of methoxy groups -OCH3 is 1. The van der Waals surface area contributed by atoms with Gasteiger partial charge >= 0.3 is 0 Å². The molecule has 0 aromatic heterocycles. The number of aryl methyl sites for hydroxylation is 2. The van der Waals surface area contributed by atoms with Gasteiger partial charge in [0.25, 0.3) is 0 Å². The lowest BCUT2D eigenvalue weighted by atomic mass is 10.1. The van der Waals surface area contributed by atoms with Crippen molar-refractivity contribution in [1.82, 2.24) is 0 Å². The Bertz CT molecular complexity index is 790. The number of amides is 2. The van der Waals surface area contributed by atoms with Gasteiger partial charge in [-0.2, -0.15) is 0 Å². The quantitative estimate of drug-likeness (QED) is 0.759. The first-order valence-corrected chi connectivity index (χ1v) is 8.34. The minimum Gasteiger partial charge on any atom is -0.495 e. The minimum absolute atomic E-state index is 0.277. The molecule has 5 nitrogen and oxygen atoms in total. The SMILES string of the molecule is CCc1cccc(C)c1NC(=O)CC(=O)Nc1ccc(OC)c(Cl)c1. The third kappa shape index (κ3) is 4.97. The van der Waals surface area contributed by atoms with E-state index in [9.17, 15) is 9.59 Å².